The average molecular weight is 368 g/mol. The van der Waals surface area contributed by atoms with E-state index in [9.17, 15) is 9.59 Å². The van der Waals surface area contributed by atoms with Crippen molar-refractivity contribution in [2.24, 2.45) is 0 Å². The van der Waals surface area contributed by atoms with Gasteiger partial charge in [-0.25, -0.2) is 9.59 Å². The quantitative estimate of drug-likeness (QED) is 0.516. The van der Waals surface area contributed by atoms with E-state index in [0.717, 1.165) is 0 Å². The Morgan fingerprint density at radius 2 is 1.63 bits per heavy atom. The number of para-hydroxylation sites is 1. The van der Waals surface area contributed by atoms with Gasteiger partial charge in [-0.15, -0.1) is 0 Å². The Kier molecular flexibility index (Phi) is 6.47. The van der Waals surface area contributed by atoms with Gasteiger partial charge in [0.2, 0.25) is 0 Å². The van der Waals surface area contributed by atoms with Gasteiger partial charge in [0, 0.05) is 0 Å². The predicted octanol–water partition coefficient (Wildman–Crippen LogP) is 5.49. The van der Waals surface area contributed by atoms with Crippen LogP contribution in [-0.4, -0.2) is 18.7 Å². The summed E-state index contributed by atoms with van der Waals surface area (Å²) in [5.74, 6) is 0.571. The molecule has 0 heterocycles. The van der Waals surface area contributed by atoms with E-state index in [1.54, 1.807) is 37.3 Å². The van der Waals surface area contributed by atoms with E-state index in [1.807, 2.05) is 12.1 Å². The Hall–Kier alpha value is -2.82. The minimum atomic E-state index is -0.892. The number of esters is 1. The molecule has 2 aromatic carbocycles. The van der Waals surface area contributed by atoms with E-state index in [2.05, 4.69) is 0 Å². The second kappa shape index (κ2) is 9.21. The fourth-order valence-electron chi connectivity index (χ4n) is 3.38. The van der Waals surface area contributed by atoms with Gasteiger partial charge < -0.3 is 14.2 Å². The highest BCUT2D eigenvalue weighted by molar-refractivity contribution is 5.93. The molecule has 1 aliphatic carbocycles. The first-order valence-corrected chi connectivity index (χ1v) is 9.43. The minimum absolute atomic E-state index is 0.111. The van der Waals surface area contributed by atoms with Crippen LogP contribution >= 0.6 is 0 Å². The Morgan fingerprint density at radius 1 is 0.926 bits per heavy atom. The molecule has 27 heavy (non-hydrogen) atoms. The van der Waals surface area contributed by atoms with Gasteiger partial charge in [0.05, 0.1) is 6.61 Å². The zero-order chi connectivity index (χ0) is 19.1. The molecular weight excluding hydrogens is 344 g/mol. The summed E-state index contributed by atoms with van der Waals surface area (Å²) in [6, 6.07) is 14.0. The molecule has 0 saturated heterocycles. The summed E-state index contributed by atoms with van der Waals surface area (Å²) in [6.45, 7) is 1.96. The molecule has 2 aromatic rings. The summed E-state index contributed by atoms with van der Waals surface area (Å²) in [5.41, 5.74) is 1.46. The lowest BCUT2D eigenvalue weighted by Gasteiger charge is -2.21. The van der Waals surface area contributed by atoms with Gasteiger partial charge in [-0.05, 0) is 55.5 Å². The molecule has 0 N–H and O–H groups in total. The molecule has 1 saturated carbocycles. The lowest BCUT2D eigenvalue weighted by Crippen LogP contribution is -2.16. The van der Waals surface area contributed by atoms with Crippen molar-refractivity contribution in [2.75, 3.05) is 6.61 Å². The summed E-state index contributed by atoms with van der Waals surface area (Å²) in [7, 11) is 0. The summed E-state index contributed by atoms with van der Waals surface area (Å²) in [6.07, 6.45) is 5.40. The third-order valence-corrected chi connectivity index (χ3v) is 4.73. The van der Waals surface area contributed by atoms with Gasteiger partial charge in [0.25, 0.3) is 0 Å². The SMILES string of the molecule is CCOC(=O)c1ccccc1OC(=O)Oc1ccc(C2CCCCC2)cc1. The van der Waals surface area contributed by atoms with Gasteiger partial charge in [-0.2, -0.15) is 0 Å². The second-order valence-electron chi connectivity index (χ2n) is 6.57. The van der Waals surface area contributed by atoms with Crippen LogP contribution in [0.15, 0.2) is 48.5 Å². The van der Waals surface area contributed by atoms with E-state index in [1.165, 1.54) is 43.7 Å². The predicted molar refractivity (Wildman–Crippen MR) is 101 cm³/mol. The highest BCUT2D eigenvalue weighted by atomic mass is 16.7. The van der Waals surface area contributed by atoms with Crippen molar-refractivity contribution in [3.63, 3.8) is 0 Å². The van der Waals surface area contributed by atoms with Crippen molar-refractivity contribution < 1.29 is 23.8 Å². The van der Waals surface area contributed by atoms with Crippen LogP contribution in [-0.2, 0) is 4.74 Å². The van der Waals surface area contributed by atoms with Gasteiger partial charge >= 0.3 is 12.1 Å². The first-order chi connectivity index (χ1) is 13.2. The van der Waals surface area contributed by atoms with E-state index < -0.39 is 12.1 Å². The Morgan fingerprint density at radius 3 is 2.33 bits per heavy atom. The second-order valence-corrected chi connectivity index (χ2v) is 6.57. The number of carbonyl (C=O) groups excluding carboxylic acids is 2. The maximum absolute atomic E-state index is 12.1. The Labute approximate surface area is 159 Å². The largest absolute Gasteiger partial charge is 0.519 e. The average Bonchev–Trinajstić information content (AvgIpc) is 2.70. The van der Waals surface area contributed by atoms with E-state index in [4.69, 9.17) is 14.2 Å². The molecule has 1 aliphatic rings. The number of hydrogen-bond donors (Lipinski definition) is 0. The van der Waals surface area contributed by atoms with Crippen LogP contribution in [0.4, 0.5) is 4.79 Å². The first kappa shape index (κ1) is 19.0. The smallest absolute Gasteiger partial charge is 0.462 e. The molecule has 0 radical (unpaired) electrons. The van der Waals surface area contributed by atoms with Crippen LogP contribution in [0.3, 0.4) is 0 Å². The Balaban J connectivity index is 1.62. The van der Waals surface area contributed by atoms with Crippen molar-refractivity contribution in [3.05, 3.63) is 59.7 Å². The summed E-state index contributed by atoms with van der Waals surface area (Å²) in [5, 5.41) is 0. The molecular formula is C22H24O5. The summed E-state index contributed by atoms with van der Waals surface area (Å²) < 4.78 is 15.4. The van der Waals surface area contributed by atoms with E-state index in [-0.39, 0.29) is 17.9 Å². The van der Waals surface area contributed by atoms with Gasteiger partial charge in [-0.1, -0.05) is 43.5 Å². The highest BCUT2D eigenvalue weighted by Crippen LogP contribution is 2.33. The molecule has 1 fully saturated rings. The zero-order valence-corrected chi connectivity index (χ0v) is 15.5. The fraction of sp³-hybridized carbons (Fsp3) is 0.364. The maximum Gasteiger partial charge on any atom is 0.519 e. The molecule has 0 atom stereocenters. The number of carbonyl (C=O) groups is 2. The van der Waals surface area contributed by atoms with Gasteiger partial charge in [0.1, 0.15) is 17.1 Å². The van der Waals surface area contributed by atoms with Crippen LogP contribution in [0.1, 0.15) is 60.9 Å². The zero-order valence-electron chi connectivity index (χ0n) is 15.5. The van der Waals surface area contributed by atoms with Crippen LogP contribution in [0.25, 0.3) is 0 Å². The molecule has 0 aliphatic heterocycles. The number of benzene rings is 2. The molecule has 0 unspecified atom stereocenters. The molecule has 142 valence electrons. The number of hydrogen-bond acceptors (Lipinski definition) is 5. The number of ether oxygens (including phenoxy) is 3. The van der Waals surface area contributed by atoms with Gasteiger partial charge in [0.15, 0.2) is 0 Å². The minimum Gasteiger partial charge on any atom is -0.462 e. The lowest BCUT2D eigenvalue weighted by atomic mass is 9.84. The molecule has 5 heteroatoms. The lowest BCUT2D eigenvalue weighted by molar-refractivity contribution is 0.0522. The standard InChI is InChI=1S/C22H24O5/c1-2-25-21(23)19-10-6-7-11-20(19)27-22(24)26-18-14-12-17(13-15-18)16-8-4-3-5-9-16/h6-7,10-16H,2-5,8-9H2,1H3. The highest BCUT2D eigenvalue weighted by Gasteiger charge is 2.18. The molecule has 5 nitrogen and oxygen atoms in total. The third-order valence-electron chi connectivity index (χ3n) is 4.73. The Bertz CT molecular complexity index is 776. The van der Waals surface area contributed by atoms with Crippen LogP contribution in [0, 0.1) is 0 Å². The molecule has 3 rings (SSSR count). The monoisotopic (exact) mass is 368 g/mol. The van der Waals surface area contributed by atoms with E-state index in [0.29, 0.717) is 11.7 Å². The van der Waals surface area contributed by atoms with Crippen molar-refractivity contribution in [2.45, 2.75) is 44.9 Å². The van der Waals surface area contributed by atoms with Gasteiger partial charge in [-0.3, -0.25) is 0 Å². The fourth-order valence-corrected chi connectivity index (χ4v) is 3.38. The van der Waals surface area contributed by atoms with Crippen molar-refractivity contribution in [3.8, 4) is 11.5 Å². The first-order valence-electron chi connectivity index (χ1n) is 9.43. The van der Waals surface area contributed by atoms with Crippen LogP contribution < -0.4 is 9.47 Å². The molecule has 0 aromatic heterocycles. The van der Waals surface area contributed by atoms with Crippen LogP contribution in [0.5, 0.6) is 11.5 Å². The maximum atomic E-state index is 12.1. The topological polar surface area (TPSA) is 61.8 Å². The van der Waals surface area contributed by atoms with Crippen LogP contribution in [0.2, 0.25) is 0 Å². The number of rotatable bonds is 5. The van der Waals surface area contributed by atoms with E-state index >= 15 is 0 Å². The van der Waals surface area contributed by atoms with Crippen molar-refractivity contribution in [1.29, 1.82) is 0 Å². The normalized spacial score (nSPS) is 14.4. The molecule has 0 bridgehead atoms. The molecule has 0 spiro atoms. The van der Waals surface area contributed by atoms with Crippen molar-refractivity contribution >= 4 is 12.1 Å². The summed E-state index contributed by atoms with van der Waals surface area (Å²) >= 11 is 0. The third kappa shape index (κ3) is 5.09. The van der Waals surface area contributed by atoms with Crippen molar-refractivity contribution in [1.82, 2.24) is 0 Å². The summed E-state index contributed by atoms with van der Waals surface area (Å²) in [4.78, 5) is 24.0. The molecule has 0 amide bonds.